The van der Waals surface area contributed by atoms with E-state index in [0.717, 1.165) is 0 Å². The molecule has 0 atom stereocenters. The van der Waals surface area contributed by atoms with E-state index in [4.69, 9.17) is 5.73 Å². The van der Waals surface area contributed by atoms with Crippen LogP contribution >= 0.6 is 0 Å². The van der Waals surface area contributed by atoms with E-state index in [-0.39, 0.29) is 23.1 Å². The van der Waals surface area contributed by atoms with E-state index in [1.807, 2.05) is 0 Å². The maximum absolute atomic E-state index is 5.48. The van der Waals surface area contributed by atoms with Crippen molar-refractivity contribution < 1.29 is 0 Å². The number of hydrogen-bond acceptors (Lipinski definition) is 4. The number of imidazole rings is 1. The van der Waals surface area contributed by atoms with E-state index in [1.54, 1.807) is 0 Å². The number of nitrogen functional groups attached to an aromatic ring is 1. The molecule has 0 aliphatic rings. The van der Waals surface area contributed by atoms with E-state index >= 15 is 0 Å². The van der Waals surface area contributed by atoms with Crippen LogP contribution in [0.2, 0.25) is 0 Å². The SMILES string of the molecule is Nc1ncnc2nc[nH]c12.[Mg+2]. The predicted molar refractivity (Wildman–Crippen MR) is 41.9 cm³/mol. The Morgan fingerprint density at radius 1 is 1.27 bits per heavy atom. The predicted octanol–water partition coefficient (Wildman–Crippen LogP) is -0.446. The number of rotatable bonds is 0. The first-order valence-corrected chi connectivity index (χ1v) is 2.77. The first kappa shape index (κ1) is 8.22. The van der Waals surface area contributed by atoms with Crippen molar-refractivity contribution >= 4 is 40.0 Å². The van der Waals surface area contributed by atoms with E-state index in [9.17, 15) is 0 Å². The zero-order valence-corrected chi connectivity index (χ0v) is 7.20. The average Bonchev–Trinajstić information content (AvgIpc) is 2.36. The van der Waals surface area contributed by atoms with Crippen molar-refractivity contribution in [2.24, 2.45) is 0 Å². The molecule has 0 saturated carbocycles. The van der Waals surface area contributed by atoms with Gasteiger partial charge in [0.1, 0.15) is 11.8 Å². The Morgan fingerprint density at radius 3 is 2.82 bits per heavy atom. The molecule has 2 aromatic rings. The van der Waals surface area contributed by atoms with Crippen molar-refractivity contribution in [2.45, 2.75) is 0 Å². The molecule has 2 heterocycles. The molecule has 0 amide bonds. The Kier molecular flexibility index (Phi) is 2.25. The molecule has 0 aliphatic heterocycles. The minimum absolute atomic E-state index is 0. The van der Waals surface area contributed by atoms with Crippen LogP contribution in [0.1, 0.15) is 0 Å². The number of nitrogens with one attached hydrogen (secondary N) is 1. The Hall–Kier alpha value is -0.884. The Balaban J connectivity index is 0.000000605. The zero-order chi connectivity index (χ0) is 6.97. The van der Waals surface area contributed by atoms with Gasteiger partial charge in [0.25, 0.3) is 0 Å². The first-order chi connectivity index (χ1) is 4.88. The van der Waals surface area contributed by atoms with E-state index in [0.29, 0.717) is 17.0 Å². The van der Waals surface area contributed by atoms with Gasteiger partial charge in [-0.25, -0.2) is 15.0 Å². The average molecular weight is 159 g/mol. The fourth-order valence-electron chi connectivity index (χ4n) is 0.784. The Morgan fingerprint density at radius 2 is 2.09 bits per heavy atom. The van der Waals surface area contributed by atoms with Crippen LogP contribution in [0, 0.1) is 0 Å². The number of nitrogens with two attached hydrogens (primary N) is 1. The summed E-state index contributed by atoms with van der Waals surface area (Å²) in [7, 11) is 0. The van der Waals surface area contributed by atoms with Crippen molar-refractivity contribution in [3.63, 3.8) is 0 Å². The van der Waals surface area contributed by atoms with Crippen LogP contribution in [-0.4, -0.2) is 43.0 Å². The van der Waals surface area contributed by atoms with Gasteiger partial charge in [0, 0.05) is 0 Å². The van der Waals surface area contributed by atoms with E-state index < -0.39 is 0 Å². The molecule has 5 nitrogen and oxygen atoms in total. The first-order valence-electron chi connectivity index (χ1n) is 2.77. The van der Waals surface area contributed by atoms with Crippen molar-refractivity contribution in [3.05, 3.63) is 12.7 Å². The van der Waals surface area contributed by atoms with Gasteiger partial charge in [-0.2, -0.15) is 0 Å². The maximum atomic E-state index is 5.48. The van der Waals surface area contributed by atoms with Gasteiger partial charge in [0.15, 0.2) is 11.5 Å². The van der Waals surface area contributed by atoms with E-state index in [1.165, 1.54) is 12.7 Å². The molecule has 0 radical (unpaired) electrons. The third-order valence-electron chi connectivity index (χ3n) is 1.25. The van der Waals surface area contributed by atoms with Crippen LogP contribution in [0.5, 0.6) is 0 Å². The number of aromatic nitrogens is 4. The molecule has 0 fully saturated rings. The third-order valence-corrected chi connectivity index (χ3v) is 1.25. The van der Waals surface area contributed by atoms with Crippen molar-refractivity contribution in [1.82, 2.24) is 19.9 Å². The largest absolute Gasteiger partial charge is 2.00 e. The molecular weight excluding hydrogens is 154 g/mol. The molecule has 50 valence electrons. The summed E-state index contributed by atoms with van der Waals surface area (Å²) in [4.78, 5) is 14.4. The number of fused-ring (bicyclic) bond motifs is 1. The molecule has 0 spiro atoms. The minimum Gasteiger partial charge on any atom is -0.382 e. The normalized spacial score (nSPS) is 9.45. The van der Waals surface area contributed by atoms with Gasteiger partial charge in [-0.15, -0.1) is 0 Å². The Labute approximate surface area is 78.6 Å². The molecule has 11 heavy (non-hydrogen) atoms. The van der Waals surface area contributed by atoms with Crippen molar-refractivity contribution in [1.29, 1.82) is 0 Å². The van der Waals surface area contributed by atoms with Crippen molar-refractivity contribution in [2.75, 3.05) is 5.73 Å². The van der Waals surface area contributed by atoms with E-state index in [2.05, 4.69) is 19.9 Å². The molecule has 0 aromatic carbocycles. The summed E-state index contributed by atoms with van der Waals surface area (Å²) < 4.78 is 0. The fourth-order valence-corrected chi connectivity index (χ4v) is 0.784. The number of hydrogen-bond donors (Lipinski definition) is 2. The molecule has 0 unspecified atom stereocenters. The van der Waals surface area contributed by atoms with Gasteiger partial charge >= 0.3 is 23.1 Å². The molecule has 3 N–H and O–H groups in total. The zero-order valence-electron chi connectivity index (χ0n) is 5.78. The topological polar surface area (TPSA) is 80.5 Å². The summed E-state index contributed by atoms with van der Waals surface area (Å²) in [6, 6.07) is 0. The smallest absolute Gasteiger partial charge is 0.382 e. The van der Waals surface area contributed by atoms with Gasteiger partial charge < -0.3 is 10.7 Å². The maximum Gasteiger partial charge on any atom is 2.00 e. The van der Waals surface area contributed by atoms with Crippen LogP contribution in [-0.2, 0) is 0 Å². The van der Waals surface area contributed by atoms with Gasteiger partial charge in [-0.3, -0.25) is 0 Å². The number of aromatic amines is 1. The quantitative estimate of drug-likeness (QED) is 0.511. The van der Waals surface area contributed by atoms with Crippen LogP contribution in [0.4, 0.5) is 5.82 Å². The Bertz CT molecular complexity index is 356. The third kappa shape index (κ3) is 1.26. The minimum atomic E-state index is 0. The fraction of sp³-hybridized carbons (Fsp3) is 0. The summed E-state index contributed by atoms with van der Waals surface area (Å²) >= 11 is 0. The summed E-state index contributed by atoms with van der Waals surface area (Å²) in [5.41, 5.74) is 6.78. The molecule has 6 heteroatoms. The second kappa shape index (κ2) is 3.01. The number of H-pyrrole nitrogens is 1. The summed E-state index contributed by atoms with van der Waals surface area (Å²) in [6.45, 7) is 0. The monoisotopic (exact) mass is 159 g/mol. The number of anilines is 1. The summed E-state index contributed by atoms with van der Waals surface area (Å²) in [5.74, 6) is 0.433. The summed E-state index contributed by atoms with van der Waals surface area (Å²) in [6.07, 6.45) is 2.92. The molecule has 0 bridgehead atoms. The van der Waals surface area contributed by atoms with Crippen molar-refractivity contribution in [3.8, 4) is 0 Å². The van der Waals surface area contributed by atoms with Gasteiger partial charge in [0.05, 0.1) is 6.33 Å². The van der Waals surface area contributed by atoms with Crippen LogP contribution < -0.4 is 5.73 Å². The van der Waals surface area contributed by atoms with Crippen LogP contribution in [0.3, 0.4) is 0 Å². The second-order valence-electron chi connectivity index (χ2n) is 1.86. The van der Waals surface area contributed by atoms with Gasteiger partial charge in [-0.1, -0.05) is 0 Å². The second-order valence-corrected chi connectivity index (χ2v) is 1.86. The van der Waals surface area contributed by atoms with Crippen LogP contribution in [0.15, 0.2) is 12.7 Å². The van der Waals surface area contributed by atoms with Gasteiger partial charge in [-0.05, 0) is 0 Å². The van der Waals surface area contributed by atoms with Gasteiger partial charge in [0.2, 0.25) is 0 Å². The number of nitrogens with zero attached hydrogens (tertiary/aromatic N) is 3. The molecule has 2 aromatic heterocycles. The van der Waals surface area contributed by atoms with Crippen LogP contribution in [0.25, 0.3) is 11.2 Å². The summed E-state index contributed by atoms with van der Waals surface area (Å²) in [5, 5.41) is 0. The molecular formula is C5H5MgN5+2. The molecule has 0 aliphatic carbocycles. The molecule has 2 rings (SSSR count). The molecule has 0 saturated heterocycles. The standard InChI is InChI=1S/C5H5N5.Mg/c6-4-3-5(9-1-7-3)10-2-8-4;/h1-2H,(H3,6,7,8,9,10);/q;+2.